The third kappa shape index (κ3) is 3.96. The van der Waals surface area contributed by atoms with Crippen LogP contribution in [-0.4, -0.2) is 33.0 Å². The summed E-state index contributed by atoms with van der Waals surface area (Å²) < 4.78 is 0. The second-order valence-electron chi connectivity index (χ2n) is 5.56. The molecule has 2 N–H and O–H groups in total. The lowest BCUT2D eigenvalue weighted by molar-refractivity contribution is 0.0280. The zero-order valence-corrected chi connectivity index (χ0v) is 11.8. The van der Waals surface area contributed by atoms with Crippen molar-refractivity contribution in [2.24, 2.45) is 0 Å². The lowest BCUT2D eigenvalue weighted by Crippen LogP contribution is -2.41. The zero-order valence-electron chi connectivity index (χ0n) is 11.8. The number of aromatic amines is 1. The van der Waals surface area contributed by atoms with Crippen molar-refractivity contribution in [2.75, 3.05) is 6.54 Å². The van der Waals surface area contributed by atoms with Crippen molar-refractivity contribution in [3.8, 4) is 0 Å². The highest BCUT2D eigenvalue weighted by Gasteiger charge is 2.23. The summed E-state index contributed by atoms with van der Waals surface area (Å²) >= 11 is 0. The molecule has 1 aromatic heterocycles. The molecule has 0 bridgehead atoms. The molecule has 106 valence electrons. The zero-order chi connectivity index (χ0) is 14.6. The highest BCUT2D eigenvalue weighted by Crippen LogP contribution is 2.14. The van der Waals surface area contributed by atoms with Crippen LogP contribution >= 0.6 is 0 Å². The van der Waals surface area contributed by atoms with Crippen molar-refractivity contribution in [3.05, 3.63) is 59.9 Å². The van der Waals surface area contributed by atoms with Gasteiger partial charge in [-0.15, -0.1) is 0 Å². The van der Waals surface area contributed by atoms with Gasteiger partial charge in [0.05, 0.1) is 11.2 Å². The number of rotatable bonds is 5. The summed E-state index contributed by atoms with van der Waals surface area (Å²) in [7, 11) is 0. The van der Waals surface area contributed by atoms with E-state index in [1.165, 1.54) is 0 Å². The second-order valence-corrected chi connectivity index (χ2v) is 5.56. The van der Waals surface area contributed by atoms with Crippen LogP contribution in [0.1, 0.15) is 29.8 Å². The monoisotopic (exact) mass is 272 g/mol. The number of H-pyrrole nitrogens is 1. The maximum absolute atomic E-state index is 12.5. The Labute approximate surface area is 119 Å². The molecule has 2 aromatic rings. The number of aromatic nitrogens is 1. The molecule has 1 amide bonds. The Bertz CT molecular complexity index is 542. The van der Waals surface area contributed by atoms with Crippen LogP contribution in [0, 0.1) is 0 Å². The minimum absolute atomic E-state index is 0.0859. The van der Waals surface area contributed by atoms with Gasteiger partial charge >= 0.3 is 0 Å². The number of amides is 1. The Morgan fingerprint density at radius 1 is 1.25 bits per heavy atom. The summed E-state index contributed by atoms with van der Waals surface area (Å²) in [6.07, 6.45) is 3.39. The van der Waals surface area contributed by atoms with E-state index in [2.05, 4.69) is 4.98 Å². The van der Waals surface area contributed by atoms with Crippen LogP contribution in [0.4, 0.5) is 0 Å². The molecule has 20 heavy (non-hydrogen) atoms. The van der Waals surface area contributed by atoms with Crippen molar-refractivity contribution < 1.29 is 9.90 Å². The molecule has 0 spiro atoms. The predicted molar refractivity (Wildman–Crippen MR) is 78.3 cm³/mol. The predicted octanol–water partition coefficient (Wildman–Crippen LogP) is 2.43. The van der Waals surface area contributed by atoms with Crippen LogP contribution in [-0.2, 0) is 6.54 Å². The number of aliphatic hydroxyl groups is 1. The van der Waals surface area contributed by atoms with Crippen LogP contribution in [0.15, 0.2) is 48.8 Å². The highest BCUT2D eigenvalue weighted by molar-refractivity contribution is 5.94. The van der Waals surface area contributed by atoms with Gasteiger partial charge in [0, 0.05) is 25.5 Å². The standard InChI is InChI=1S/C16H20N2O2/c1-16(2,20)12-18(11-13-6-4-3-5-7-13)15(19)14-8-9-17-10-14/h3-10,17,20H,11-12H2,1-2H3. The Balaban J connectivity index is 2.19. The fourth-order valence-electron chi connectivity index (χ4n) is 2.11. The highest BCUT2D eigenvalue weighted by atomic mass is 16.3. The Morgan fingerprint density at radius 2 is 1.95 bits per heavy atom. The van der Waals surface area contributed by atoms with Crippen LogP contribution in [0.2, 0.25) is 0 Å². The minimum atomic E-state index is -0.930. The minimum Gasteiger partial charge on any atom is -0.389 e. The van der Waals surface area contributed by atoms with E-state index in [0.717, 1.165) is 5.56 Å². The van der Waals surface area contributed by atoms with Gasteiger partial charge in [0.15, 0.2) is 0 Å². The molecule has 0 unspecified atom stereocenters. The maximum Gasteiger partial charge on any atom is 0.255 e. The summed E-state index contributed by atoms with van der Waals surface area (Å²) in [6.45, 7) is 4.17. The van der Waals surface area contributed by atoms with Gasteiger partial charge in [-0.1, -0.05) is 30.3 Å². The first kappa shape index (κ1) is 14.3. The van der Waals surface area contributed by atoms with Crippen molar-refractivity contribution in [2.45, 2.75) is 26.0 Å². The van der Waals surface area contributed by atoms with E-state index in [0.29, 0.717) is 12.1 Å². The molecular weight excluding hydrogens is 252 g/mol. The summed E-state index contributed by atoms with van der Waals surface area (Å²) in [5.74, 6) is -0.0859. The van der Waals surface area contributed by atoms with Crippen molar-refractivity contribution >= 4 is 5.91 Å². The van der Waals surface area contributed by atoms with Crippen LogP contribution in [0.3, 0.4) is 0 Å². The van der Waals surface area contributed by atoms with Crippen LogP contribution < -0.4 is 0 Å². The van der Waals surface area contributed by atoms with Gasteiger partial charge < -0.3 is 15.0 Å². The van der Waals surface area contributed by atoms with E-state index < -0.39 is 5.60 Å². The second kappa shape index (κ2) is 5.92. The molecule has 0 aliphatic heterocycles. The van der Waals surface area contributed by atoms with E-state index in [1.807, 2.05) is 30.3 Å². The smallest absolute Gasteiger partial charge is 0.255 e. The van der Waals surface area contributed by atoms with E-state index in [1.54, 1.807) is 37.2 Å². The van der Waals surface area contributed by atoms with Crippen molar-refractivity contribution in [3.63, 3.8) is 0 Å². The molecule has 0 aliphatic rings. The van der Waals surface area contributed by atoms with Gasteiger partial charge in [-0.05, 0) is 25.5 Å². The number of carbonyl (C=O) groups is 1. The van der Waals surface area contributed by atoms with E-state index in [4.69, 9.17) is 0 Å². The van der Waals surface area contributed by atoms with Crippen molar-refractivity contribution in [1.29, 1.82) is 0 Å². The first-order valence-electron chi connectivity index (χ1n) is 6.64. The number of carbonyl (C=O) groups excluding carboxylic acids is 1. The Morgan fingerprint density at radius 3 is 2.50 bits per heavy atom. The molecule has 0 saturated heterocycles. The van der Waals surface area contributed by atoms with Gasteiger partial charge in [0.25, 0.3) is 5.91 Å². The number of hydrogen-bond acceptors (Lipinski definition) is 2. The summed E-state index contributed by atoms with van der Waals surface area (Å²) in [6, 6.07) is 11.5. The quantitative estimate of drug-likeness (QED) is 0.878. The average Bonchev–Trinajstić information content (AvgIpc) is 2.90. The Hall–Kier alpha value is -2.07. The fraction of sp³-hybridized carbons (Fsp3) is 0.312. The molecule has 0 fully saturated rings. The average molecular weight is 272 g/mol. The first-order valence-corrected chi connectivity index (χ1v) is 6.64. The largest absolute Gasteiger partial charge is 0.389 e. The maximum atomic E-state index is 12.5. The third-order valence-electron chi connectivity index (χ3n) is 2.93. The SMILES string of the molecule is CC(C)(O)CN(Cc1ccccc1)C(=O)c1cc[nH]c1. The summed E-state index contributed by atoms with van der Waals surface area (Å²) in [4.78, 5) is 17.0. The molecule has 4 heteroatoms. The van der Waals surface area contributed by atoms with Gasteiger partial charge in [0.2, 0.25) is 0 Å². The molecular formula is C16H20N2O2. The number of benzene rings is 1. The molecule has 0 saturated carbocycles. The number of hydrogen-bond donors (Lipinski definition) is 2. The lowest BCUT2D eigenvalue weighted by Gasteiger charge is -2.29. The van der Waals surface area contributed by atoms with E-state index in [9.17, 15) is 9.90 Å². The number of nitrogens with one attached hydrogen (secondary N) is 1. The van der Waals surface area contributed by atoms with E-state index >= 15 is 0 Å². The fourth-order valence-corrected chi connectivity index (χ4v) is 2.11. The molecule has 0 atom stereocenters. The molecule has 0 aliphatic carbocycles. The summed E-state index contributed by atoms with van der Waals surface area (Å²) in [5, 5.41) is 10.0. The molecule has 0 radical (unpaired) electrons. The molecule has 1 heterocycles. The number of nitrogens with zero attached hydrogens (tertiary/aromatic N) is 1. The lowest BCUT2D eigenvalue weighted by atomic mass is 10.1. The molecule has 4 nitrogen and oxygen atoms in total. The van der Waals surface area contributed by atoms with Gasteiger partial charge in [-0.2, -0.15) is 0 Å². The normalized spacial score (nSPS) is 11.3. The van der Waals surface area contributed by atoms with Gasteiger partial charge in [0.1, 0.15) is 0 Å². The van der Waals surface area contributed by atoms with Crippen molar-refractivity contribution in [1.82, 2.24) is 9.88 Å². The molecule has 2 rings (SSSR count). The van der Waals surface area contributed by atoms with Crippen LogP contribution in [0.25, 0.3) is 0 Å². The van der Waals surface area contributed by atoms with Crippen LogP contribution in [0.5, 0.6) is 0 Å². The topological polar surface area (TPSA) is 56.3 Å². The summed E-state index contributed by atoms with van der Waals surface area (Å²) in [5.41, 5.74) is 0.714. The van der Waals surface area contributed by atoms with E-state index in [-0.39, 0.29) is 12.5 Å². The first-order chi connectivity index (χ1) is 9.46. The third-order valence-corrected chi connectivity index (χ3v) is 2.93. The van der Waals surface area contributed by atoms with Gasteiger partial charge in [-0.3, -0.25) is 4.79 Å². The Kier molecular flexibility index (Phi) is 4.25. The molecule has 1 aromatic carbocycles. The van der Waals surface area contributed by atoms with Gasteiger partial charge in [-0.25, -0.2) is 0 Å².